The van der Waals surface area contributed by atoms with Gasteiger partial charge in [-0.25, -0.2) is 0 Å². The van der Waals surface area contributed by atoms with Crippen molar-refractivity contribution in [2.45, 2.75) is 19.8 Å². The summed E-state index contributed by atoms with van der Waals surface area (Å²) in [6, 6.07) is 13.6. The van der Waals surface area contributed by atoms with Crippen molar-refractivity contribution in [3.05, 3.63) is 64.1 Å². The Kier molecular flexibility index (Phi) is 6.72. The summed E-state index contributed by atoms with van der Waals surface area (Å²) in [4.78, 5) is 12.7. The number of rotatable bonds is 6. The zero-order chi connectivity index (χ0) is 20.8. The molecule has 0 unspecified atom stereocenters. The summed E-state index contributed by atoms with van der Waals surface area (Å²) in [5, 5.41) is 11.4. The minimum atomic E-state index is -0.208. The lowest BCUT2D eigenvalue weighted by molar-refractivity contribution is -0.115. The van der Waals surface area contributed by atoms with Crippen molar-refractivity contribution < 1.29 is 14.3 Å². The average molecular weight is 410 g/mol. The van der Waals surface area contributed by atoms with Crippen LogP contribution in [0.3, 0.4) is 0 Å². The SMILES string of the molecule is COc1ccc(/C=C2\S/C(=N/N=C\c3ccc(C(C)C)cc3)NC2=O)cc1OC. The Morgan fingerprint density at radius 2 is 1.69 bits per heavy atom. The van der Waals surface area contributed by atoms with Gasteiger partial charge in [0.15, 0.2) is 16.7 Å². The number of thioether (sulfide) groups is 1. The molecule has 29 heavy (non-hydrogen) atoms. The van der Waals surface area contributed by atoms with Crippen LogP contribution >= 0.6 is 11.8 Å². The Hall–Kier alpha value is -3.06. The van der Waals surface area contributed by atoms with Crippen molar-refractivity contribution in [3.8, 4) is 11.5 Å². The van der Waals surface area contributed by atoms with Crippen molar-refractivity contribution in [3.63, 3.8) is 0 Å². The van der Waals surface area contributed by atoms with E-state index in [0.717, 1.165) is 11.1 Å². The lowest BCUT2D eigenvalue weighted by Gasteiger charge is -2.07. The van der Waals surface area contributed by atoms with Crippen molar-refractivity contribution in [1.29, 1.82) is 0 Å². The predicted molar refractivity (Wildman–Crippen MR) is 119 cm³/mol. The van der Waals surface area contributed by atoms with Gasteiger partial charge in [0.25, 0.3) is 5.91 Å². The summed E-state index contributed by atoms with van der Waals surface area (Å²) in [6.45, 7) is 4.31. The summed E-state index contributed by atoms with van der Waals surface area (Å²) in [5.41, 5.74) is 3.06. The van der Waals surface area contributed by atoms with Crippen LogP contribution in [0.15, 0.2) is 57.6 Å². The molecule has 1 aliphatic heterocycles. The quantitative estimate of drug-likeness (QED) is 0.435. The van der Waals surface area contributed by atoms with Gasteiger partial charge in [-0.3, -0.25) is 10.1 Å². The van der Waals surface area contributed by atoms with Crippen LogP contribution in [0.1, 0.15) is 36.5 Å². The largest absolute Gasteiger partial charge is 0.493 e. The van der Waals surface area contributed by atoms with E-state index in [4.69, 9.17) is 9.47 Å². The van der Waals surface area contributed by atoms with E-state index in [9.17, 15) is 4.79 Å². The van der Waals surface area contributed by atoms with Gasteiger partial charge in [0.1, 0.15) is 0 Å². The second-order valence-electron chi connectivity index (χ2n) is 6.65. The number of carbonyl (C=O) groups is 1. The normalized spacial score (nSPS) is 16.8. The van der Waals surface area contributed by atoms with Crippen LogP contribution in [0.4, 0.5) is 0 Å². The number of methoxy groups -OCH3 is 2. The second kappa shape index (κ2) is 9.43. The van der Waals surface area contributed by atoms with Gasteiger partial charge in [-0.05, 0) is 52.6 Å². The molecule has 0 aliphatic carbocycles. The Morgan fingerprint density at radius 1 is 1.00 bits per heavy atom. The molecule has 0 bridgehead atoms. The number of benzene rings is 2. The number of amides is 1. The molecule has 6 nitrogen and oxygen atoms in total. The lowest BCUT2D eigenvalue weighted by atomic mass is 10.0. The Labute approximate surface area is 174 Å². The van der Waals surface area contributed by atoms with Crippen LogP contribution < -0.4 is 14.8 Å². The van der Waals surface area contributed by atoms with Crippen molar-refractivity contribution in [2.75, 3.05) is 14.2 Å². The van der Waals surface area contributed by atoms with Gasteiger partial charge in [-0.15, -0.1) is 5.10 Å². The minimum Gasteiger partial charge on any atom is -0.493 e. The molecule has 7 heteroatoms. The van der Waals surface area contributed by atoms with Crippen LogP contribution in [-0.2, 0) is 4.79 Å². The van der Waals surface area contributed by atoms with Gasteiger partial charge in [0.05, 0.1) is 25.3 Å². The highest BCUT2D eigenvalue weighted by atomic mass is 32.2. The fourth-order valence-corrected chi connectivity index (χ4v) is 3.46. The topological polar surface area (TPSA) is 72.3 Å². The summed E-state index contributed by atoms with van der Waals surface area (Å²) < 4.78 is 10.5. The molecule has 1 heterocycles. The molecular weight excluding hydrogens is 386 g/mol. The molecule has 0 aromatic heterocycles. The number of hydrogen-bond donors (Lipinski definition) is 1. The van der Waals surface area contributed by atoms with E-state index in [1.165, 1.54) is 17.3 Å². The zero-order valence-electron chi connectivity index (χ0n) is 16.8. The van der Waals surface area contributed by atoms with Crippen LogP contribution in [0, 0.1) is 0 Å². The minimum absolute atomic E-state index is 0.208. The summed E-state index contributed by atoms with van der Waals surface area (Å²) >= 11 is 1.24. The summed E-state index contributed by atoms with van der Waals surface area (Å²) in [7, 11) is 3.16. The fraction of sp³-hybridized carbons (Fsp3) is 0.227. The molecule has 0 saturated carbocycles. The number of hydrogen-bond acceptors (Lipinski definition) is 6. The van der Waals surface area contributed by atoms with Gasteiger partial charge in [0.2, 0.25) is 0 Å². The number of amidine groups is 1. The van der Waals surface area contributed by atoms with Crippen molar-refractivity contribution in [2.24, 2.45) is 10.2 Å². The molecule has 1 fully saturated rings. The molecule has 1 saturated heterocycles. The standard InChI is InChI=1S/C22H23N3O3S/c1-14(2)17-8-5-15(6-9-17)13-23-25-22-24-21(26)20(29-22)12-16-7-10-18(27-3)19(11-16)28-4/h5-14H,1-4H3,(H,24,25,26)/b20-12-,23-13-. The number of ether oxygens (including phenoxy) is 2. The van der Waals surface area contributed by atoms with E-state index in [2.05, 4.69) is 41.5 Å². The van der Waals surface area contributed by atoms with E-state index >= 15 is 0 Å². The monoisotopic (exact) mass is 409 g/mol. The first-order valence-electron chi connectivity index (χ1n) is 9.14. The third-order valence-corrected chi connectivity index (χ3v) is 5.21. The maximum atomic E-state index is 12.2. The molecular formula is C22H23N3O3S. The molecule has 2 aromatic carbocycles. The number of nitrogens with zero attached hydrogens (tertiary/aromatic N) is 2. The second-order valence-corrected chi connectivity index (χ2v) is 7.68. The molecule has 0 radical (unpaired) electrons. The lowest BCUT2D eigenvalue weighted by Crippen LogP contribution is -2.19. The third-order valence-electron chi connectivity index (χ3n) is 4.31. The first-order valence-corrected chi connectivity index (χ1v) is 9.95. The van der Waals surface area contributed by atoms with Crippen LogP contribution in [0.25, 0.3) is 6.08 Å². The van der Waals surface area contributed by atoms with Crippen LogP contribution in [0.2, 0.25) is 0 Å². The van der Waals surface area contributed by atoms with E-state index in [1.807, 2.05) is 24.3 Å². The van der Waals surface area contributed by atoms with E-state index in [-0.39, 0.29) is 5.91 Å². The smallest absolute Gasteiger partial charge is 0.264 e. The Bertz CT molecular complexity index is 979. The molecule has 0 spiro atoms. The molecule has 1 N–H and O–H groups in total. The molecule has 1 aliphatic rings. The van der Waals surface area contributed by atoms with Crippen molar-refractivity contribution in [1.82, 2.24) is 5.32 Å². The first kappa shape index (κ1) is 20.7. The van der Waals surface area contributed by atoms with Crippen molar-refractivity contribution >= 4 is 35.1 Å². The first-order chi connectivity index (χ1) is 14.0. The van der Waals surface area contributed by atoms with E-state index in [0.29, 0.717) is 27.5 Å². The third kappa shape index (κ3) is 5.26. The Morgan fingerprint density at radius 3 is 2.34 bits per heavy atom. The molecule has 150 valence electrons. The highest BCUT2D eigenvalue weighted by molar-refractivity contribution is 8.18. The van der Waals surface area contributed by atoms with Gasteiger partial charge in [-0.1, -0.05) is 44.2 Å². The van der Waals surface area contributed by atoms with Gasteiger partial charge in [0, 0.05) is 0 Å². The average Bonchev–Trinajstić information content (AvgIpc) is 3.07. The molecule has 1 amide bonds. The highest BCUT2D eigenvalue weighted by Crippen LogP contribution is 2.31. The number of nitrogens with one attached hydrogen (secondary N) is 1. The maximum absolute atomic E-state index is 12.2. The predicted octanol–water partition coefficient (Wildman–Crippen LogP) is 4.42. The summed E-state index contributed by atoms with van der Waals surface area (Å²) in [6.07, 6.45) is 3.44. The van der Waals surface area contributed by atoms with E-state index in [1.54, 1.807) is 32.6 Å². The van der Waals surface area contributed by atoms with Gasteiger partial charge >= 0.3 is 0 Å². The van der Waals surface area contributed by atoms with Crippen LogP contribution in [0.5, 0.6) is 11.5 Å². The zero-order valence-corrected chi connectivity index (χ0v) is 17.6. The maximum Gasteiger partial charge on any atom is 0.264 e. The van der Waals surface area contributed by atoms with Gasteiger partial charge in [-0.2, -0.15) is 5.10 Å². The Balaban J connectivity index is 1.70. The highest BCUT2D eigenvalue weighted by Gasteiger charge is 2.24. The number of carbonyl (C=O) groups excluding carboxylic acids is 1. The van der Waals surface area contributed by atoms with E-state index < -0.39 is 0 Å². The molecule has 2 aromatic rings. The fourth-order valence-electron chi connectivity index (χ4n) is 2.68. The summed E-state index contributed by atoms with van der Waals surface area (Å²) in [5.74, 6) is 1.52. The molecule has 3 rings (SSSR count). The van der Waals surface area contributed by atoms with Gasteiger partial charge < -0.3 is 9.47 Å². The van der Waals surface area contributed by atoms with Crippen LogP contribution in [-0.4, -0.2) is 31.5 Å². The molecule has 0 atom stereocenters.